The molecule has 0 spiro atoms. The lowest BCUT2D eigenvalue weighted by molar-refractivity contribution is -0.131. The summed E-state index contributed by atoms with van der Waals surface area (Å²) in [5.74, 6) is 1.42. The molecule has 33 heavy (non-hydrogen) atoms. The third kappa shape index (κ3) is 5.01. The normalized spacial score (nSPS) is 15.5. The predicted octanol–water partition coefficient (Wildman–Crippen LogP) is 3.11. The van der Waals surface area contributed by atoms with Crippen LogP contribution in [0.5, 0.6) is 0 Å². The summed E-state index contributed by atoms with van der Waals surface area (Å²) in [5.41, 5.74) is 2.46. The Kier molecular flexibility index (Phi) is 6.66. The number of oxazole rings is 1. The molecule has 1 amide bonds. The lowest BCUT2D eigenvalue weighted by Crippen LogP contribution is -2.37. The third-order valence-electron chi connectivity index (χ3n) is 5.82. The summed E-state index contributed by atoms with van der Waals surface area (Å²) in [6.45, 7) is 6.64. The molecule has 4 rings (SSSR count). The minimum atomic E-state index is -3.72. The molecular weight excluding hydrogens is 444 g/mol. The number of benzene rings is 1. The average Bonchev–Trinajstić information content (AvgIpc) is 3.29. The van der Waals surface area contributed by atoms with Gasteiger partial charge in [-0.15, -0.1) is 0 Å². The van der Waals surface area contributed by atoms with Crippen LogP contribution in [-0.2, 0) is 21.2 Å². The van der Waals surface area contributed by atoms with E-state index in [0.717, 1.165) is 5.56 Å². The number of rotatable bonds is 6. The summed E-state index contributed by atoms with van der Waals surface area (Å²) in [4.78, 5) is 18.9. The van der Waals surface area contributed by atoms with E-state index in [2.05, 4.69) is 10.1 Å². The average molecular weight is 473 g/mol. The van der Waals surface area contributed by atoms with E-state index < -0.39 is 10.0 Å². The highest BCUT2D eigenvalue weighted by atomic mass is 32.2. The van der Waals surface area contributed by atoms with Gasteiger partial charge in [0.05, 0.1) is 6.20 Å². The largest absolute Gasteiger partial charge is 0.441 e. The maximum Gasteiger partial charge on any atom is 0.248 e. The van der Waals surface area contributed by atoms with E-state index in [1.54, 1.807) is 24.9 Å². The standard InChI is InChI=1S/C23H28N4O5S/c1-16-5-7-19(8-6-16)20-15-24-21(31-20)9-10-22(28)26-11-4-12-27(14-13-26)33(29,30)23-17(2)25-32-18(23)3/h5-8,15H,4,9-14H2,1-3H3. The van der Waals surface area contributed by atoms with Crippen LogP contribution in [0.4, 0.5) is 0 Å². The first-order chi connectivity index (χ1) is 15.8. The molecule has 0 N–H and O–H groups in total. The molecule has 2 aromatic heterocycles. The van der Waals surface area contributed by atoms with E-state index in [-0.39, 0.29) is 29.5 Å². The van der Waals surface area contributed by atoms with Crippen LogP contribution in [0.1, 0.15) is 35.7 Å². The number of hydrogen-bond acceptors (Lipinski definition) is 7. The molecule has 176 valence electrons. The molecule has 0 aliphatic carbocycles. The van der Waals surface area contributed by atoms with Crippen LogP contribution >= 0.6 is 0 Å². The molecule has 3 heterocycles. The van der Waals surface area contributed by atoms with Gasteiger partial charge in [-0.2, -0.15) is 4.31 Å². The van der Waals surface area contributed by atoms with Crippen molar-refractivity contribution in [3.8, 4) is 11.3 Å². The molecule has 0 unspecified atom stereocenters. The lowest BCUT2D eigenvalue weighted by Gasteiger charge is -2.21. The molecule has 0 radical (unpaired) electrons. The van der Waals surface area contributed by atoms with Crippen LogP contribution in [0, 0.1) is 20.8 Å². The second kappa shape index (κ2) is 9.48. The number of nitrogens with zero attached hydrogens (tertiary/aromatic N) is 4. The van der Waals surface area contributed by atoms with Crippen molar-refractivity contribution in [2.75, 3.05) is 26.2 Å². The second-order valence-corrected chi connectivity index (χ2v) is 10.2. The summed E-state index contributed by atoms with van der Waals surface area (Å²) in [6, 6.07) is 7.97. The van der Waals surface area contributed by atoms with Crippen LogP contribution in [0.3, 0.4) is 0 Å². The molecule has 1 saturated heterocycles. The Morgan fingerprint density at radius 2 is 1.82 bits per heavy atom. The van der Waals surface area contributed by atoms with Gasteiger partial charge in [-0.05, 0) is 27.2 Å². The van der Waals surface area contributed by atoms with Crippen molar-refractivity contribution >= 4 is 15.9 Å². The molecule has 0 atom stereocenters. The van der Waals surface area contributed by atoms with Gasteiger partial charge in [0.2, 0.25) is 15.9 Å². The van der Waals surface area contributed by atoms with Crippen molar-refractivity contribution in [3.63, 3.8) is 0 Å². The molecule has 9 nitrogen and oxygen atoms in total. The highest BCUT2D eigenvalue weighted by Crippen LogP contribution is 2.25. The quantitative estimate of drug-likeness (QED) is 0.542. The number of sulfonamides is 1. The van der Waals surface area contributed by atoms with Gasteiger partial charge in [0.1, 0.15) is 10.6 Å². The van der Waals surface area contributed by atoms with Gasteiger partial charge < -0.3 is 13.8 Å². The van der Waals surface area contributed by atoms with Crippen molar-refractivity contribution < 1.29 is 22.2 Å². The fourth-order valence-electron chi connectivity index (χ4n) is 4.00. The number of carbonyl (C=O) groups excluding carboxylic acids is 1. The summed E-state index contributed by atoms with van der Waals surface area (Å²) < 4.78 is 38.4. The molecule has 0 saturated carbocycles. The van der Waals surface area contributed by atoms with E-state index in [1.165, 1.54) is 9.87 Å². The number of hydrogen-bond donors (Lipinski definition) is 0. The van der Waals surface area contributed by atoms with E-state index in [0.29, 0.717) is 49.8 Å². The monoisotopic (exact) mass is 472 g/mol. The molecular formula is C23H28N4O5S. The SMILES string of the molecule is Cc1ccc(-c2cnc(CCC(=O)N3CCCN(S(=O)(=O)c4c(C)noc4C)CC3)o2)cc1. The van der Waals surface area contributed by atoms with Crippen molar-refractivity contribution in [1.82, 2.24) is 19.3 Å². The summed E-state index contributed by atoms with van der Waals surface area (Å²) >= 11 is 0. The third-order valence-corrected chi connectivity index (χ3v) is 7.96. The van der Waals surface area contributed by atoms with E-state index in [1.807, 2.05) is 31.2 Å². The fraction of sp³-hybridized carbons (Fsp3) is 0.435. The van der Waals surface area contributed by atoms with Gasteiger partial charge in [-0.25, -0.2) is 13.4 Å². The lowest BCUT2D eigenvalue weighted by atomic mass is 10.1. The molecule has 3 aromatic rings. The second-order valence-electron chi connectivity index (χ2n) is 8.28. The number of carbonyl (C=O) groups is 1. The van der Waals surface area contributed by atoms with Gasteiger partial charge in [0, 0.05) is 44.6 Å². The Labute approximate surface area is 193 Å². The van der Waals surface area contributed by atoms with Gasteiger partial charge in [0.25, 0.3) is 0 Å². The van der Waals surface area contributed by atoms with Crippen LogP contribution in [0.25, 0.3) is 11.3 Å². The molecule has 1 aliphatic rings. The topological polar surface area (TPSA) is 110 Å². The maximum absolute atomic E-state index is 13.1. The Morgan fingerprint density at radius 1 is 1.06 bits per heavy atom. The highest BCUT2D eigenvalue weighted by Gasteiger charge is 2.32. The highest BCUT2D eigenvalue weighted by molar-refractivity contribution is 7.89. The van der Waals surface area contributed by atoms with E-state index >= 15 is 0 Å². The summed E-state index contributed by atoms with van der Waals surface area (Å²) in [6.07, 6.45) is 2.88. The fourth-order valence-corrected chi connectivity index (χ4v) is 5.77. The van der Waals surface area contributed by atoms with Crippen LogP contribution in [0.2, 0.25) is 0 Å². The minimum Gasteiger partial charge on any atom is -0.441 e. The van der Waals surface area contributed by atoms with Crippen LogP contribution in [0.15, 0.2) is 44.3 Å². The number of amides is 1. The zero-order chi connectivity index (χ0) is 23.6. The molecule has 1 aliphatic heterocycles. The van der Waals surface area contributed by atoms with Gasteiger partial charge >= 0.3 is 0 Å². The Bertz CT molecular complexity index is 1210. The summed E-state index contributed by atoms with van der Waals surface area (Å²) in [7, 11) is -3.72. The Hall–Kier alpha value is -2.98. The number of aromatic nitrogens is 2. The van der Waals surface area contributed by atoms with Crippen molar-refractivity contribution in [2.45, 2.75) is 44.9 Å². The first-order valence-corrected chi connectivity index (χ1v) is 12.4. The first-order valence-electron chi connectivity index (χ1n) is 11.0. The molecule has 1 fully saturated rings. The summed E-state index contributed by atoms with van der Waals surface area (Å²) in [5, 5.41) is 3.76. The van der Waals surface area contributed by atoms with Crippen molar-refractivity contribution in [2.24, 2.45) is 0 Å². The van der Waals surface area contributed by atoms with Crippen LogP contribution < -0.4 is 0 Å². The van der Waals surface area contributed by atoms with E-state index in [4.69, 9.17) is 8.94 Å². The molecule has 10 heteroatoms. The van der Waals surface area contributed by atoms with E-state index in [9.17, 15) is 13.2 Å². The maximum atomic E-state index is 13.1. The van der Waals surface area contributed by atoms with Gasteiger partial charge in [0.15, 0.2) is 17.4 Å². The van der Waals surface area contributed by atoms with Gasteiger partial charge in [-0.1, -0.05) is 35.0 Å². The molecule has 1 aromatic carbocycles. The zero-order valence-corrected chi connectivity index (χ0v) is 19.9. The molecule has 0 bridgehead atoms. The first kappa shape index (κ1) is 23.2. The van der Waals surface area contributed by atoms with Gasteiger partial charge in [-0.3, -0.25) is 4.79 Å². The van der Waals surface area contributed by atoms with Crippen molar-refractivity contribution in [1.29, 1.82) is 0 Å². The number of aryl methyl sites for hydroxylation is 4. The minimum absolute atomic E-state index is 0.0401. The smallest absolute Gasteiger partial charge is 0.248 e. The van der Waals surface area contributed by atoms with Crippen LogP contribution in [-0.4, -0.2) is 59.8 Å². The van der Waals surface area contributed by atoms with Crippen molar-refractivity contribution in [3.05, 3.63) is 53.4 Å². The zero-order valence-electron chi connectivity index (χ0n) is 19.1. The Morgan fingerprint density at radius 3 is 2.52 bits per heavy atom. The predicted molar refractivity (Wildman–Crippen MR) is 121 cm³/mol. The Balaban J connectivity index is 1.34.